The van der Waals surface area contributed by atoms with E-state index in [-0.39, 0.29) is 0 Å². The number of para-hydroxylation sites is 4. The average molecular weight is 513 g/mol. The van der Waals surface area contributed by atoms with Crippen molar-refractivity contribution in [1.29, 1.82) is 0 Å². The molecule has 0 radical (unpaired) electrons. The van der Waals surface area contributed by atoms with Crippen molar-refractivity contribution in [2.45, 2.75) is 0 Å². The minimum absolute atomic E-state index is 0.839. The largest absolute Gasteiger partial charge is 0.278 e. The minimum Gasteiger partial charge on any atom is -0.278 e. The molecule has 5 heteroatoms. The van der Waals surface area contributed by atoms with Gasteiger partial charge in [-0.2, -0.15) is 0 Å². The molecule has 0 saturated heterocycles. The number of hydrogen-bond donors (Lipinski definition) is 0. The van der Waals surface area contributed by atoms with Crippen LogP contribution in [-0.4, -0.2) is 18.9 Å². The van der Waals surface area contributed by atoms with Crippen molar-refractivity contribution in [2.24, 2.45) is 0 Å². The van der Waals surface area contributed by atoms with E-state index in [1.54, 1.807) is 0 Å². The molecule has 0 aliphatic heterocycles. The number of benzene rings is 5. The van der Waals surface area contributed by atoms with Crippen molar-refractivity contribution in [1.82, 2.24) is 18.9 Å². The zero-order chi connectivity index (χ0) is 23.1. The van der Waals surface area contributed by atoms with Gasteiger partial charge in [-0.3, -0.25) is 8.97 Å². The first-order valence-electron chi connectivity index (χ1n) is 11.6. The molecule has 0 atom stereocenters. The summed E-state index contributed by atoms with van der Waals surface area (Å²) in [4.78, 5) is 10.3. The Hall–Kier alpha value is -4.22. The molecule has 5 aromatic carbocycles. The summed E-state index contributed by atoms with van der Waals surface area (Å²) in [5.74, 6) is 0.839. The van der Waals surface area contributed by atoms with Crippen LogP contribution < -0.4 is 0 Å². The van der Waals surface area contributed by atoms with Crippen molar-refractivity contribution in [3.05, 3.63) is 108 Å². The Balaban J connectivity index is 1.70. The first kappa shape index (κ1) is 19.1. The van der Waals surface area contributed by atoms with Gasteiger partial charge in [-0.25, -0.2) is 9.97 Å². The molecule has 0 bridgehead atoms. The van der Waals surface area contributed by atoms with Crippen LogP contribution in [0, 0.1) is 0 Å². The van der Waals surface area contributed by atoms with Crippen LogP contribution in [0.5, 0.6) is 0 Å². The Bertz CT molecular complexity index is 2130. The highest BCUT2D eigenvalue weighted by Crippen LogP contribution is 2.40. The molecular weight excluding hydrogens is 496 g/mol. The fourth-order valence-electron chi connectivity index (χ4n) is 5.46. The van der Waals surface area contributed by atoms with E-state index in [1.165, 1.54) is 21.5 Å². The lowest BCUT2D eigenvalue weighted by atomic mass is 10.1. The quantitative estimate of drug-likeness (QED) is 0.223. The van der Waals surface area contributed by atoms with Crippen LogP contribution in [0.3, 0.4) is 0 Å². The van der Waals surface area contributed by atoms with Crippen LogP contribution in [0.15, 0.2) is 108 Å². The molecule has 0 spiro atoms. The smallest absolute Gasteiger partial charge is 0.221 e. The summed E-state index contributed by atoms with van der Waals surface area (Å²) in [6.07, 6.45) is 0. The van der Waals surface area contributed by atoms with E-state index < -0.39 is 0 Å². The van der Waals surface area contributed by atoms with Crippen LogP contribution in [0.4, 0.5) is 0 Å². The number of fused-ring (bicyclic) bond motifs is 10. The topological polar surface area (TPSA) is 35.1 Å². The van der Waals surface area contributed by atoms with Gasteiger partial charge in [-0.1, -0.05) is 82.7 Å². The summed E-state index contributed by atoms with van der Waals surface area (Å²) in [5.41, 5.74) is 6.11. The van der Waals surface area contributed by atoms with Gasteiger partial charge >= 0.3 is 0 Å². The van der Waals surface area contributed by atoms with Crippen molar-refractivity contribution in [3.8, 4) is 5.95 Å². The first-order valence-corrected chi connectivity index (χ1v) is 12.4. The van der Waals surface area contributed by atoms with Gasteiger partial charge in [0.15, 0.2) is 0 Å². The predicted octanol–water partition coefficient (Wildman–Crippen LogP) is 8.05. The molecule has 3 aromatic heterocycles. The maximum Gasteiger partial charge on any atom is 0.221 e. The summed E-state index contributed by atoms with van der Waals surface area (Å²) in [6, 6.07) is 35.9. The van der Waals surface area contributed by atoms with Gasteiger partial charge in [-0.15, -0.1) is 0 Å². The van der Waals surface area contributed by atoms with Crippen molar-refractivity contribution < 1.29 is 0 Å². The zero-order valence-electron chi connectivity index (χ0n) is 18.5. The number of nitrogens with zero attached hydrogens (tertiary/aromatic N) is 4. The summed E-state index contributed by atoms with van der Waals surface area (Å²) in [7, 11) is 0. The van der Waals surface area contributed by atoms with Crippen LogP contribution in [0.1, 0.15) is 0 Å². The first-order chi connectivity index (χ1) is 17.3. The Morgan fingerprint density at radius 1 is 0.543 bits per heavy atom. The second kappa shape index (κ2) is 6.90. The van der Waals surface area contributed by atoms with Crippen LogP contribution in [0.25, 0.3) is 66.1 Å². The van der Waals surface area contributed by atoms with Gasteiger partial charge in [0.1, 0.15) is 5.65 Å². The zero-order valence-corrected chi connectivity index (χ0v) is 20.1. The molecule has 0 N–H and O–H groups in total. The summed E-state index contributed by atoms with van der Waals surface area (Å²) < 4.78 is 5.61. The van der Waals surface area contributed by atoms with E-state index in [4.69, 9.17) is 9.97 Å². The van der Waals surface area contributed by atoms with E-state index in [2.05, 4.69) is 116 Å². The Labute approximate surface area is 208 Å². The summed E-state index contributed by atoms with van der Waals surface area (Å²) in [5, 5.41) is 5.79. The van der Waals surface area contributed by atoms with Crippen LogP contribution in [0.2, 0.25) is 0 Å². The molecular formula is C30H17BrN4. The van der Waals surface area contributed by atoms with Crippen LogP contribution in [-0.2, 0) is 0 Å². The number of halogens is 1. The lowest BCUT2D eigenvalue weighted by molar-refractivity contribution is 0.981. The van der Waals surface area contributed by atoms with Gasteiger partial charge < -0.3 is 0 Å². The fourth-order valence-corrected chi connectivity index (χ4v) is 6.04. The van der Waals surface area contributed by atoms with E-state index >= 15 is 0 Å². The third kappa shape index (κ3) is 2.51. The van der Waals surface area contributed by atoms with E-state index in [1.807, 2.05) is 12.1 Å². The molecule has 8 rings (SSSR count). The SMILES string of the molecule is Brc1cc2c3ccccc3n(-c3nc4ccccc4c4nc5ccccc5n34)c2c2ccccc12. The van der Waals surface area contributed by atoms with Gasteiger partial charge in [0, 0.05) is 26.0 Å². The van der Waals surface area contributed by atoms with E-state index in [0.717, 1.165) is 49.0 Å². The highest BCUT2D eigenvalue weighted by Gasteiger charge is 2.21. The highest BCUT2D eigenvalue weighted by atomic mass is 79.9. The number of rotatable bonds is 1. The van der Waals surface area contributed by atoms with Crippen molar-refractivity contribution in [2.75, 3.05) is 0 Å². The number of hydrogen-bond acceptors (Lipinski definition) is 2. The Kier molecular flexibility index (Phi) is 3.77. The minimum atomic E-state index is 0.839. The number of aromatic nitrogens is 4. The van der Waals surface area contributed by atoms with Gasteiger partial charge in [0.2, 0.25) is 5.95 Å². The number of imidazole rings is 1. The summed E-state index contributed by atoms with van der Waals surface area (Å²) >= 11 is 3.83. The van der Waals surface area contributed by atoms with Gasteiger partial charge in [-0.05, 0) is 41.8 Å². The molecule has 0 unspecified atom stereocenters. The summed E-state index contributed by atoms with van der Waals surface area (Å²) in [6.45, 7) is 0. The molecule has 4 nitrogen and oxygen atoms in total. The molecule has 0 amide bonds. The van der Waals surface area contributed by atoms with E-state index in [9.17, 15) is 0 Å². The molecule has 164 valence electrons. The monoisotopic (exact) mass is 512 g/mol. The molecule has 0 aliphatic rings. The lowest BCUT2D eigenvalue weighted by Crippen LogP contribution is -2.06. The van der Waals surface area contributed by atoms with Gasteiger partial charge in [0.25, 0.3) is 0 Å². The van der Waals surface area contributed by atoms with Crippen molar-refractivity contribution in [3.63, 3.8) is 0 Å². The third-order valence-electron chi connectivity index (χ3n) is 6.95. The molecule has 35 heavy (non-hydrogen) atoms. The van der Waals surface area contributed by atoms with E-state index in [0.29, 0.717) is 0 Å². The maximum atomic E-state index is 5.27. The fraction of sp³-hybridized carbons (Fsp3) is 0. The molecule has 8 aromatic rings. The average Bonchev–Trinajstić information content (AvgIpc) is 3.45. The molecule has 0 saturated carbocycles. The maximum absolute atomic E-state index is 5.27. The lowest BCUT2D eigenvalue weighted by Gasteiger charge is -2.13. The molecule has 0 fully saturated rings. The van der Waals surface area contributed by atoms with Crippen molar-refractivity contribution >= 4 is 76.1 Å². The molecule has 3 heterocycles. The van der Waals surface area contributed by atoms with Crippen LogP contribution >= 0.6 is 15.9 Å². The predicted molar refractivity (Wildman–Crippen MR) is 148 cm³/mol. The third-order valence-corrected chi connectivity index (χ3v) is 7.61. The second-order valence-corrected chi connectivity index (χ2v) is 9.70. The normalized spacial score (nSPS) is 12.1. The second-order valence-electron chi connectivity index (χ2n) is 8.84. The Morgan fingerprint density at radius 3 is 2.00 bits per heavy atom. The standard InChI is InChI=1S/C30H17BrN4/c31-23-17-22-19-10-4-7-15-26(19)34(28(22)20-11-2-1-9-18(20)23)30-33-24-13-5-3-12-21(24)29-32-25-14-6-8-16-27(25)35(29)30/h1-17H. The van der Waals surface area contributed by atoms with Gasteiger partial charge in [0.05, 0.1) is 27.6 Å². The Morgan fingerprint density at radius 2 is 1.17 bits per heavy atom. The molecule has 0 aliphatic carbocycles. The highest BCUT2D eigenvalue weighted by molar-refractivity contribution is 9.10.